The van der Waals surface area contributed by atoms with E-state index in [1.165, 1.54) is 12.8 Å². The van der Waals surface area contributed by atoms with Crippen LogP contribution in [0.4, 0.5) is 5.13 Å². The molecule has 18 heavy (non-hydrogen) atoms. The van der Waals surface area contributed by atoms with Gasteiger partial charge in [-0.3, -0.25) is 0 Å². The zero-order chi connectivity index (χ0) is 12.5. The molecule has 2 aromatic heterocycles. The molecule has 1 fully saturated rings. The third-order valence-corrected chi connectivity index (χ3v) is 4.27. The van der Waals surface area contributed by atoms with Gasteiger partial charge >= 0.3 is 0 Å². The summed E-state index contributed by atoms with van der Waals surface area (Å²) in [7, 11) is 0. The van der Waals surface area contributed by atoms with Gasteiger partial charge in [0.2, 0.25) is 0 Å². The molecule has 3 rings (SSSR count). The summed E-state index contributed by atoms with van der Waals surface area (Å²) in [5.41, 5.74) is 0. The molecule has 2 aromatic rings. The minimum atomic E-state index is -0.444. The fourth-order valence-electron chi connectivity index (χ4n) is 1.91. The number of aliphatic hydroxyl groups is 1. The molecule has 1 aliphatic carbocycles. The SMILES string of the molecule is CC(O)c1cnc(N(Cc2ccco2)C2CC2)s1. The molecule has 0 spiro atoms. The molecule has 0 aromatic carbocycles. The number of thiazole rings is 1. The summed E-state index contributed by atoms with van der Waals surface area (Å²) in [6.45, 7) is 2.52. The topological polar surface area (TPSA) is 49.5 Å². The summed E-state index contributed by atoms with van der Waals surface area (Å²) < 4.78 is 5.40. The lowest BCUT2D eigenvalue weighted by Crippen LogP contribution is -2.24. The van der Waals surface area contributed by atoms with Gasteiger partial charge in [-0.1, -0.05) is 11.3 Å². The van der Waals surface area contributed by atoms with Crippen LogP contribution in [0, 0.1) is 0 Å². The normalized spacial score (nSPS) is 16.8. The Balaban J connectivity index is 1.80. The highest BCUT2D eigenvalue weighted by atomic mass is 32.1. The van der Waals surface area contributed by atoms with Crippen LogP contribution >= 0.6 is 11.3 Å². The Morgan fingerprint density at radius 3 is 3.00 bits per heavy atom. The molecular formula is C13H16N2O2S. The van der Waals surface area contributed by atoms with Crippen LogP contribution in [0.1, 0.15) is 36.5 Å². The van der Waals surface area contributed by atoms with Crippen LogP contribution in [0.3, 0.4) is 0 Å². The van der Waals surface area contributed by atoms with Crippen molar-refractivity contribution in [3.63, 3.8) is 0 Å². The van der Waals surface area contributed by atoms with E-state index in [0.717, 1.165) is 22.3 Å². The first-order chi connectivity index (χ1) is 8.74. The van der Waals surface area contributed by atoms with E-state index in [4.69, 9.17) is 4.42 Å². The van der Waals surface area contributed by atoms with Gasteiger partial charge in [0.25, 0.3) is 0 Å². The zero-order valence-corrected chi connectivity index (χ0v) is 11.1. The Hall–Kier alpha value is -1.33. The fourth-order valence-corrected chi connectivity index (χ4v) is 2.84. The predicted octanol–water partition coefficient (Wildman–Crippen LogP) is 2.96. The van der Waals surface area contributed by atoms with Gasteiger partial charge < -0.3 is 14.4 Å². The van der Waals surface area contributed by atoms with Gasteiger partial charge in [0.05, 0.1) is 23.8 Å². The van der Waals surface area contributed by atoms with E-state index in [2.05, 4.69) is 9.88 Å². The lowest BCUT2D eigenvalue weighted by Gasteiger charge is -2.19. The monoisotopic (exact) mass is 264 g/mol. The second kappa shape index (κ2) is 4.74. The van der Waals surface area contributed by atoms with Crippen LogP contribution in [0.5, 0.6) is 0 Å². The van der Waals surface area contributed by atoms with Crippen molar-refractivity contribution in [1.82, 2.24) is 4.98 Å². The average Bonchev–Trinajstić information content (AvgIpc) is 2.88. The third-order valence-electron chi connectivity index (χ3n) is 3.06. The van der Waals surface area contributed by atoms with Gasteiger partial charge in [-0.25, -0.2) is 4.98 Å². The molecule has 0 amide bonds. The largest absolute Gasteiger partial charge is 0.467 e. The first-order valence-electron chi connectivity index (χ1n) is 6.17. The van der Waals surface area contributed by atoms with Crippen LogP contribution in [0.2, 0.25) is 0 Å². The Bertz CT molecular complexity index is 503. The van der Waals surface area contributed by atoms with Crippen molar-refractivity contribution in [2.75, 3.05) is 4.90 Å². The first-order valence-corrected chi connectivity index (χ1v) is 6.98. The predicted molar refractivity (Wildman–Crippen MR) is 70.7 cm³/mol. The Kier molecular flexibility index (Phi) is 3.09. The maximum Gasteiger partial charge on any atom is 0.186 e. The lowest BCUT2D eigenvalue weighted by molar-refractivity contribution is 0.203. The molecule has 0 bridgehead atoms. The second-order valence-electron chi connectivity index (χ2n) is 4.66. The molecule has 1 atom stereocenters. The van der Waals surface area contributed by atoms with Crippen molar-refractivity contribution in [2.24, 2.45) is 0 Å². The molecule has 4 nitrogen and oxygen atoms in total. The summed E-state index contributed by atoms with van der Waals surface area (Å²) in [5.74, 6) is 0.954. The summed E-state index contributed by atoms with van der Waals surface area (Å²) in [6.07, 6.45) is 5.45. The van der Waals surface area contributed by atoms with E-state index in [9.17, 15) is 5.11 Å². The number of furan rings is 1. The van der Waals surface area contributed by atoms with Gasteiger partial charge in [-0.05, 0) is 31.9 Å². The van der Waals surface area contributed by atoms with E-state index in [0.29, 0.717) is 6.04 Å². The molecule has 1 saturated carbocycles. The number of hydrogen-bond acceptors (Lipinski definition) is 5. The van der Waals surface area contributed by atoms with Crippen molar-refractivity contribution in [3.8, 4) is 0 Å². The van der Waals surface area contributed by atoms with Gasteiger partial charge in [0.1, 0.15) is 5.76 Å². The van der Waals surface area contributed by atoms with Crippen LogP contribution in [0.15, 0.2) is 29.0 Å². The third kappa shape index (κ3) is 2.42. The molecule has 2 heterocycles. The number of aliphatic hydroxyl groups excluding tert-OH is 1. The summed E-state index contributed by atoms with van der Waals surface area (Å²) in [4.78, 5) is 7.61. The Morgan fingerprint density at radius 2 is 2.44 bits per heavy atom. The molecule has 0 radical (unpaired) electrons. The number of nitrogens with zero attached hydrogens (tertiary/aromatic N) is 2. The minimum Gasteiger partial charge on any atom is -0.467 e. The molecule has 0 saturated heterocycles. The standard InChI is InChI=1S/C13H16N2O2S/c1-9(16)12-7-14-13(18-12)15(10-4-5-10)8-11-3-2-6-17-11/h2-3,6-7,9-10,16H,4-5,8H2,1H3. The van der Waals surface area contributed by atoms with Crippen LogP contribution in [0.25, 0.3) is 0 Å². The van der Waals surface area contributed by atoms with Crippen molar-refractivity contribution < 1.29 is 9.52 Å². The smallest absolute Gasteiger partial charge is 0.186 e. The van der Waals surface area contributed by atoms with Gasteiger partial charge in [0.15, 0.2) is 5.13 Å². The van der Waals surface area contributed by atoms with E-state index in [1.54, 1.807) is 30.7 Å². The van der Waals surface area contributed by atoms with Crippen LogP contribution < -0.4 is 4.90 Å². The molecular weight excluding hydrogens is 248 g/mol. The second-order valence-corrected chi connectivity index (χ2v) is 5.70. The molecule has 5 heteroatoms. The molecule has 1 aliphatic rings. The highest BCUT2D eigenvalue weighted by molar-refractivity contribution is 7.15. The van der Waals surface area contributed by atoms with Gasteiger partial charge in [-0.15, -0.1) is 0 Å². The molecule has 0 aliphatic heterocycles. The Labute approximate surface area is 110 Å². The maximum absolute atomic E-state index is 9.56. The summed E-state index contributed by atoms with van der Waals surface area (Å²) in [6, 6.07) is 4.46. The van der Waals surface area contributed by atoms with Crippen molar-refractivity contribution >= 4 is 16.5 Å². The first kappa shape index (κ1) is 11.7. The number of anilines is 1. The summed E-state index contributed by atoms with van der Waals surface area (Å²) in [5, 5.41) is 10.5. The van der Waals surface area contributed by atoms with Crippen molar-refractivity contribution in [1.29, 1.82) is 0 Å². The molecule has 1 N–H and O–H groups in total. The zero-order valence-electron chi connectivity index (χ0n) is 10.2. The number of rotatable bonds is 5. The molecule has 1 unspecified atom stereocenters. The summed E-state index contributed by atoms with van der Waals surface area (Å²) >= 11 is 1.56. The van der Waals surface area contributed by atoms with E-state index in [-0.39, 0.29) is 0 Å². The maximum atomic E-state index is 9.56. The number of hydrogen-bond donors (Lipinski definition) is 1. The van der Waals surface area contributed by atoms with Gasteiger partial charge in [-0.2, -0.15) is 0 Å². The molecule has 96 valence electrons. The average molecular weight is 264 g/mol. The highest BCUT2D eigenvalue weighted by Crippen LogP contribution is 2.36. The lowest BCUT2D eigenvalue weighted by atomic mass is 10.4. The van der Waals surface area contributed by atoms with E-state index in [1.807, 2.05) is 12.1 Å². The highest BCUT2D eigenvalue weighted by Gasteiger charge is 2.31. The quantitative estimate of drug-likeness (QED) is 0.902. The Morgan fingerprint density at radius 1 is 1.61 bits per heavy atom. The minimum absolute atomic E-state index is 0.444. The fraction of sp³-hybridized carbons (Fsp3) is 0.462. The van der Waals surface area contributed by atoms with Gasteiger partial charge in [0, 0.05) is 12.2 Å². The van der Waals surface area contributed by atoms with E-state index < -0.39 is 6.10 Å². The van der Waals surface area contributed by atoms with Crippen molar-refractivity contribution in [3.05, 3.63) is 35.2 Å². The van der Waals surface area contributed by atoms with E-state index >= 15 is 0 Å². The number of aromatic nitrogens is 1. The van der Waals surface area contributed by atoms with Crippen LogP contribution in [-0.4, -0.2) is 16.1 Å². The van der Waals surface area contributed by atoms with Crippen LogP contribution in [-0.2, 0) is 6.54 Å². The van der Waals surface area contributed by atoms with Crippen molar-refractivity contribution in [2.45, 2.75) is 38.5 Å².